The van der Waals surface area contributed by atoms with Gasteiger partial charge >= 0.3 is 0 Å². The summed E-state index contributed by atoms with van der Waals surface area (Å²) in [6.45, 7) is 2.49. The molecule has 0 saturated heterocycles. The van der Waals surface area contributed by atoms with Crippen LogP contribution in [-0.2, 0) is 21.2 Å². The number of ether oxygens (including phenoxy) is 1. The number of hydrogen-bond acceptors (Lipinski definition) is 7. The number of rotatable bonds is 7. The Morgan fingerprint density at radius 1 is 1.25 bits per heavy atom. The van der Waals surface area contributed by atoms with Crippen LogP contribution in [-0.4, -0.2) is 25.9 Å². The zero-order valence-electron chi connectivity index (χ0n) is 14.4. The molecule has 0 aliphatic heterocycles. The van der Waals surface area contributed by atoms with Gasteiger partial charge in [-0.1, -0.05) is 23.2 Å². The Morgan fingerprint density at radius 2 is 1.96 bits per heavy atom. The monoisotopic (exact) mass is 476 g/mol. The Morgan fingerprint density at radius 3 is 2.57 bits per heavy atom. The summed E-state index contributed by atoms with van der Waals surface area (Å²) in [4.78, 5) is 16.3. The molecule has 0 saturated carbocycles. The van der Waals surface area contributed by atoms with E-state index in [1.807, 2.05) is 35.9 Å². The first-order valence-electron chi connectivity index (χ1n) is 7.96. The molecule has 0 atom stereocenters. The highest BCUT2D eigenvalue weighted by molar-refractivity contribution is 7.90. The van der Waals surface area contributed by atoms with Crippen LogP contribution in [0.15, 0.2) is 40.6 Å². The van der Waals surface area contributed by atoms with E-state index in [0.717, 1.165) is 27.7 Å². The zero-order chi connectivity index (χ0) is 20.3. The van der Waals surface area contributed by atoms with Gasteiger partial charge in [-0.15, -0.1) is 22.7 Å². The Labute approximate surface area is 180 Å². The lowest BCUT2D eigenvalue weighted by molar-refractivity contribution is -0.118. The summed E-state index contributed by atoms with van der Waals surface area (Å²) >= 11 is 13.9. The van der Waals surface area contributed by atoms with Gasteiger partial charge in [-0.25, -0.2) is 18.1 Å². The van der Waals surface area contributed by atoms with Gasteiger partial charge in [0, 0.05) is 10.9 Å². The average molecular weight is 477 g/mol. The third-order valence-corrected chi connectivity index (χ3v) is 7.54. The van der Waals surface area contributed by atoms with E-state index in [2.05, 4.69) is 4.98 Å². The van der Waals surface area contributed by atoms with Crippen molar-refractivity contribution in [3.05, 3.63) is 50.1 Å². The van der Waals surface area contributed by atoms with Crippen LogP contribution in [0.25, 0.3) is 10.6 Å². The van der Waals surface area contributed by atoms with Gasteiger partial charge in [0.05, 0.1) is 23.1 Å². The van der Waals surface area contributed by atoms with Gasteiger partial charge in [0.25, 0.3) is 10.0 Å². The van der Waals surface area contributed by atoms with Crippen LogP contribution in [0.3, 0.4) is 0 Å². The van der Waals surface area contributed by atoms with E-state index < -0.39 is 15.9 Å². The number of nitrogens with one attached hydrogen (secondary N) is 1. The zero-order valence-corrected chi connectivity index (χ0v) is 18.4. The van der Waals surface area contributed by atoms with Crippen LogP contribution in [0, 0.1) is 0 Å². The third-order valence-electron chi connectivity index (χ3n) is 3.47. The number of amides is 1. The fraction of sp³-hybridized carbons (Fsp3) is 0.176. The molecule has 3 aromatic rings. The number of aromatic nitrogens is 1. The lowest BCUT2D eigenvalue weighted by Crippen LogP contribution is -2.31. The number of carbonyl (C=O) groups is 1. The maximum Gasteiger partial charge on any atom is 0.266 e. The summed E-state index contributed by atoms with van der Waals surface area (Å²) in [6.07, 6.45) is -0.178. The SMILES string of the molecule is CCOc1ccc(-c2nc(CC(=O)NS(=O)(=O)c3cc(Cl)sc3Cl)cs2)cc1. The Bertz CT molecular complexity index is 1090. The standard InChI is InChI=1S/C17H14Cl2N2O4S3/c1-2-25-12-5-3-10(4-6-12)17-20-11(9-26-17)7-15(22)21-28(23,24)13-8-14(18)27-16(13)19/h3-6,8-9H,2,7H2,1H3,(H,21,22). The largest absolute Gasteiger partial charge is 0.494 e. The molecule has 0 bridgehead atoms. The van der Waals surface area contributed by atoms with Gasteiger partial charge in [0.1, 0.15) is 20.0 Å². The smallest absolute Gasteiger partial charge is 0.266 e. The molecule has 0 aliphatic rings. The molecule has 1 amide bonds. The average Bonchev–Trinajstić information content (AvgIpc) is 3.21. The Hall–Kier alpha value is -1.65. The maximum atomic E-state index is 12.3. The number of nitrogens with zero attached hydrogens (tertiary/aromatic N) is 1. The van der Waals surface area contributed by atoms with Crippen molar-refractivity contribution >= 4 is 61.8 Å². The molecule has 0 fully saturated rings. The van der Waals surface area contributed by atoms with E-state index in [1.165, 1.54) is 17.4 Å². The molecule has 28 heavy (non-hydrogen) atoms. The number of carbonyl (C=O) groups excluding carboxylic acids is 1. The topological polar surface area (TPSA) is 85.4 Å². The first-order chi connectivity index (χ1) is 13.3. The van der Waals surface area contributed by atoms with E-state index >= 15 is 0 Å². The van der Waals surface area contributed by atoms with Crippen molar-refractivity contribution in [2.45, 2.75) is 18.2 Å². The van der Waals surface area contributed by atoms with Crippen molar-refractivity contribution in [1.82, 2.24) is 9.71 Å². The van der Waals surface area contributed by atoms with Crippen LogP contribution >= 0.6 is 45.9 Å². The van der Waals surface area contributed by atoms with Gasteiger partial charge in [-0.2, -0.15) is 0 Å². The first kappa shape index (κ1) is 21.1. The predicted octanol–water partition coefficient (Wildman–Crippen LogP) is 4.62. The molecule has 0 unspecified atom stereocenters. The molecule has 1 aromatic carbocycles. The second-order valence-electron chi connectivity index (χ2n) is 5.50. The van der Waals surface area contributed by atoms with E-state index in [4.69, 9.17) is 27.9 Å². The molecule has 11 heteroatoms. The van der Waals surface area contributed by atoms with Gasteiger partial charge in [-0.3, -0.25) is 4.79 Å². The summed E-state index contributed by atoms with van der Waals surface area (Å²) in [5, 5.41) is 2.44. The Kier molecular flexibility index (Phi) is 6.61. The normalized spacial score (nSPS) is 11.4. The highest BCUT2D eigenvalue weighted by Gasteiger charge is 2.23. The van der Waals surface area contributed by atoms with Crippen molar-refractivity contribution in [3.63, 3.8) is 0 Å². The second kappa shape index (κ2) is 8.79. The van der Waals surface area contributed by atoms with E-state index in [0.29, 0.717) is 12.3 Å². The van der Waals surface area contributed by atoms with Crippen molar-refractivity contribution < 1.29 is 17.9 Å². The van der Waals surface area contributed by atoms with Crippen LogP contribution < -0.4 is 9.46 Å². The number of benzene rings is 1. The molecule has 148 valence electrons. The summed E-state index contributed by atoms with van der Waals surface area (Å²) < 4.78 is 32.2. The number of thiazole rings is 1. The van der Waals surface area contributed by atoms with Crippen molar-refractivity contribution in [1.29, 1.82) is 0 Å². The molecular formula is C17H14Cl2N2O4S3. The molecule has 0 aliphatic carbocycles. The number of halogens is 2. The highest BCUT2D eigenvalue weighted by atomic mass is 35.5. The summed E-state index contributed by atoms with van der Waals surface area (Å²) in [5.41, 5.74) is 1.35. The minimum atomic E-state index is -4.09. The number of thiophene rings is 1. The van der Waals surface area contributed by atoms with Crippen LogP contribution in [0.1, 0.15) is 12.6 Å². The lowest BCUT2D eigenvalue weighted by atomic mass is 10.2. The van der Waals surface area contributed by atoms with E-state index in [9.17, 15) is 13.2 Å². The van der Waals surface area contributed by atoms with Crippen LogP contribution in [0.5, 0.6) is 5.75 Å². The number of sulfonamides is 1. The maximum absolute atomic E-state index is 12.3. The predicted molar refractivity (Wildman–Crippen MR) is 112 cm³/mol. The molecule has 0 radical (unpaired) electrons. The minimum absolute atomic E-state index is 0.00301. The lowest BCUT2D eigenvalue weighted by Gasteiger charge is -2.05. The van der Waals surface area contributed by atoms with Crippen LogP contribution in [0.4, 0.5) is 0 Å². The summed E-state index contributed by atoms with van der Waals surface area (Å²) in [7, 11) is -4.09. The quantitative estimate of drug-likeness (QED) is 0.537. The second-order valence-corrected chi connectivity index (χ2v) is 10.3. The molecule has 3 rings (SSSR count). The molecule has 2 aromatic heterocycles. The molecule has 0 spiro atoms. The van der Waals surface area contributed by atoms with Gasteiger partial charge < -0.3 is 4.74 Å². The van der Waals surface area contributed by atoms with E-state index in [1.54, 1.807) is 5.38 Å². The third kappa shape index (κ3) is 5.03. The van der Waals surface area contributed by atoms with Gasteiger partial charge in [0.2, 0.25) is 5.91 Å². The van der Waals surface area contributed by atoms with Gasteiger partial charge in [0.15, 0.2) is 0 Å². The van der Waals surface area contributed by atoms with Crippen molar-refractivity contribution in [3.8, 4) is 16.3 Å². The first-order valence-corrected chi connectivity index (χ1v) is 11.9. The molecule has 2 heterocycles. The fourth-order valence-electron chi connectivity index (χ4n) is 2.29. The van der Waals surface area contributed by atoms with Crippen molar-refractivity contribution in [2.75, 3.05) is 6.61 Å². The Balaban J connectivity index is 1.67. The van der Waals surface area contributed by atoms with Gasteiger partial charge in [-0.05, 0) is 37.3 Å². The van der Waals surface area contributed by atoms with E-state index in [-0.39, 0.29) is 20.0 Å². The van der Waals surface area contributed by atoms with Crippen LogP contribution in [0.2, 0.25) is 8.67 Å². The summed E-state index contributed by atoms with van der Waals surface area (Å²) in [6, 6.07) is 8.64. The number of hydrogen-bond donors (Lipinski definition) is 1. The fourth-order valence-corrected chi connectivity index (χ4v) is 6.26. The molecule has 6 nitrogen and oxygen atoms in total. The highest BCUT2D eigenvalue weighted by Crippen LogP contribution is 2.34. The van der Waals surface area contributed by atoms with Crippen molar-refractivity contribution in [2.24, 2.45) is 0 Å². The molecular weight excluding hydrogens is 463 g/mol. The minimum Gasteiger partial charge on any atom is -0.494 e. The molecule has 1 N–H and O–H groups in total. The summed E-state index contributed by atoms with van der Waals surface area (Å²) in [5.74, 6) is 0.0572.